The van der Waals surface area contributed by atoms with Crippen LogP contribution in [0.1, 0.15) is 18.0 Å². The van der Waals surface area contributed by atoms with E-state index in [-0.39, 0.29) is 10.9 Å². The summed E-state index contributed by atoms with van der Waals surface area (Å²) in [5.41, 5.74) is 6.80. The molecule has 8 heteroatoms. The fraction of sp³-hybridized carbons (Fsp3) is 0.182. The van der Waals surface area contributed by atoms with E-state index in [1.165, 1.54) is 23.5 Å². The molecule has 1 aromatic heterocycles. The summed E-state index contributed by atoms with van der Waals surface area (Å²) < 4.78 is 22.4. The van der Waals surface area contributed by atoms with Gasteiger partial charge in [-0.15, -0.1) is 11.3 Å². The van der Waals surface area contributed by atoms with E-state index in [1.54, 1.807) is 12.3 Å². The normalized spacial score (nSPS) is 13.2. The van der Waals surface area contributed by atoms with E-state index >= 15 is 0 Å². The number of primary sulfonamides is 1. The monoisotopic (exact) mass is 298 g/mol. The molecule has 2 aromatic rings. The zero-order valence-electron chi connectivity index (χ0n) is 10.2. The molecule has 1 heterocycles. The zero-order valence-corrected chi connectivity index (χ0v) is 11.8. The number of sulfonamides is 1. The molecule has 0 amide bonds. The van der Waals surface area contributed by atoms with Crippen LogP contribution in [0, 0.1) is 0 Å². The maximum Gasteiger partial charge on any atom is 0.238 e. The molecule has 0 fully saturated rings. The quantitative estimate of drug-likeness (QED) is 0.741. The lowest BCUT2D eigenvalue weighted by atomic mass is 10.2. The Kier molecular flexibility index (Phi) is 3.74. The first-order valence-electron chi connectivity index (χ1n) is 5.46. The lowest BCUT2D eigenvalue weighted by Gasteiger charge is -2.15. The fourth-order valence-corrected chi connectivity index (χ4v) is 2.79. The van der Waals surface area contributed by atoms with Crippen LogP contribution in [0.15, 0.2) is 34.7 Å². The number of hydrogen-bond donors (Lipinski definition) is 3. The van der Waals surface area contributed by atoms with E-state index in [2.05, 4.69) is 10.3 Å². The molecule has 1 atom stereocenters. The van der Waals surface area contributed by atoms with Crippen LogP contribution in [0.5, 0.6) is 0 Å². The number of nitrogens with one attached hydrogen (secondary N) is 1. The van der Waals surface area contributed by atoms with Gasteiger partial charge in [0.25, 0.3) is 0 Å². The second kappa shape index (κ2) is 5.16. The highest BCUT2D eigenvalue weighted by molar-refractivity contribution is 7.89. The summed E-state index contributed by atoms with van der Waals surface area (Å²) in [6.07, 6.45) is 1.73. The second-order valence-electron chi connectivity index (χ2n) is 4.03. The second-order valence-corrected chi connectivity index (χ2v) is 6.52. The molecule has 2 rings (SSSR count). The van der Waals surface area contributed by atoms with Gasteiger partial charge in [0.2, 0.25) is 10.0 Å². The van der Waals surface area contributed by atoms with Crippen molar-refractivity contribution in [2.24, 2.45) is 5.14 Å². The Morgan fingerprint density at radius 2 is 2.16 bits per heavy atom. The first-order valence-corrected chi connectivity index (χ1v) is 7.89. The van der Waals surface area contributed by atoms with Crippen molar-refractivity contribution in [1.82, 2.24) is 4.98 Å². The number of nitrogens with zero attached hydrogens (tertiary/aromatic N) is 1. The molecule has 0 saturated heterocycles. The molecule has 0 bridgehead atoms. The van der Waals surface area contributed by atoms with Gasteiger partial charge in [-0.2, -0.15) is 0 Å². The number of aromatic nitrogens is 1. The number of benzene rings is 1. The Hall–Kier alpha value is -1.64. The summed E-state index contributed by atoms with van der Waals surface area (Å²) in [6.45, 7) is 1.95. The first-order chi connectivity index (χ1) is 8.88. The molecule has 5 N–H and O–H groups in total. The van der Waals surface area contributed by atoms with Crippen LogP contribution in [-0.4, -0.2) is 13.4 Å². The SMILES string of the molecule is CC(Nc1ccc(S(N)(=O)=O)cc1N)c1nccs1. The van der Waals surface area contributed by atoms with Crippen LogP contribution >= 0.6 is 11.3 Å². The highest BCUT2D eigenvalue weighted by Crippen LogP contribution is 2.27. The van der Waals surface area contributed by atoms with Gasteiger partial charge in [-0.05, 0) is 25.1 Å². The molecular formula is C11H14N4O2S2. The Morgan fingerprint density at radius 1 is 1.42 bits per heavy atom. The number of thiazole rings is 1. The van der Waals surface area contributed by atoms with Gasteiger partial charge in [0.15, 0.2) is 0 Å². The van der Waals surface area contributed by atoms with Crippen molar-refractivity contribution in [1.29, 1.82) is 0 Å². The minimum absolute atomic E-state index is 0.00236. The van der Waals surface area contributed by atoms with Crippen molar-refractivity contribution in [3.63, 3.8) is 0 Å². The Labute approximate surface area is 115 Å². The predicted molar refractivity (Wildman–Crippen MR) is 76.4 cm³/mol. The van der Waals surface area contributed by atoms with E-state index in [4.69, 9.17) is 10.9 Å². The van der Waals surface area contributed by atoms with Crippen molar-refractivity contribution in [3.8, 4) is 0 Å². The average molecular weight is 298 g/mol. The van der Waals surface area contributed by atoms with E-state index in [9.17, 15) is 8.42 Å². The van der Waals surface area contributed by atoms with Crippen molar-refractivity contribution in [2.75, 3.05) is 11.1 Å². The van der Waals surface area contributed by atoms with Crippen LogP contribution in [-0.2, 0) is 10.0 Å². The van der Waals surface area contributed by atoms with Gasteiger partial charge in [0, 0.05) is 11.6 Å². The molecule has 19 heavy (non-hydrogen) atoms. The minimum Gasteiger partial charge on any atom is -0.397 e. The topological polar surface area (TPSA) is 111 Å². The smallest absolute Gasteiger partial charge is 0.238 e. The van der Waals surface area contributed by atoms with Crippen LogP contribution in [0.2, 0.25) is 0 Å². The molecule has 0 aliphatic rings. The third kappa shape index (κ3) is 3.22. The minimum atomic E-state index is -3.73. The molecule has 1 aromatic carbocycles. The first kappa shape index (κ1) is 13.8. The lowest BCUT2D eigenvalue weighted by molar-refractivity contribution is 0.598. The summed E-state index contributed by atoms with van der Waals surface area (Å²) in [6, 6.07) is 4.34. The Bertz CT molecular complexity index is 668. The van der Waals surface area contributed by atoms with Crippen LogP contribution in [0.25, 0.3) is 0 Å². The maximum absolute atomic E-state index is 11.2. The average Bonchev–Trinajstić information content (AvgIpc) is 2.84. The van der Waals surface area contributed by atoms with Gasteiger partial charge >= 0.3 is 0 Å². The molecule has 102 valence electrons. The van der Waals surface area contributed by atoms with Gasteiger partial charge in [-0.1, -0.05) is 0 Å². The number of anilines is 2. The molecule has 0 aliphatic heterocycles. The molecule has 0 radical (unpaired) electrons. The van der Waals surface area contributed by atoms with Crippen LogP contribution in [0.3, 0.4) is 0 Å². The predicted octanol–water partition coefficient (Wildman–Crippen LogP) is 1.55. The van der Waals surface area contributed by atoms with Gasteiger partial charge in [0.05, 0.1) is 22.3 Å². The Balaban J connectivity index is 2.23. The third-order valence-corrected chi connectivity index (χ3v) is 4.41. The number of rotatable bonds is 4. The van der Waals surface area contributed by atoms with Gasteiger partial charge < -0.3 is 11.1 Å². The van der Waals surface area contributed by atoms with E-state index in [1.807, 2.05) is 12.3 Å². The summed E-state index contributed by atoms with van der Waals surface area (Å²) in [4.78, 5) is 4.20. The van der Waals surface area contributed by atoms with Gasteiger partial charge in [0.1, 0.15) is 5.01 Å². The van der Waals surface area contributed by atoms with Gasteiger partial charge in [-0.3, -0.25) is 0 Å². The molecule has 0 spiro atoms. The molecule has 6 nitrogen and oxygen atoms in total. The van der Waals surface area contributed by atoms with Crippen molar-refractivity contribution >= 4 is 32.7 Å². The molecule has 0 aliphatic carbocycles. The molecule has 0 saturated carbocycles. The number of hydrogen-bond acceptors (Lipinski definition) is 6. The van der Waals surface area contributed by atoms with Crippen LogP contribution < -0.4 is 16.2 Å². The molecular weight excluding hydrogens is 284 g/mol. The Morgan fingerprint density at radius 3 is 2.68 bits per heavy atom. The summed E-state index contributed by atoms with van der Waals surface area (Å²) >= 11 is 1.53. The van der Waals surface area contributed by atoms with E-state index < -0.39 is 10.0 Å². The molecule has 1 unspecified atom stereocenters. The number of nitrogen functional groups attached to an aromatic ring is 1. The largest absolute Gasteiger partial charge is 0.397 e. The van der Waals surface area contributed by atoms with Gasteiger partial charge in [-0.25, -0.2) is 18.5 Å². The third-order valence-electron chi connectivity index (χ3n) is 2.55. The zero-order chi connectivity index (χ0) is 14.0. The van der Waals surface area contributed by atoms with E-state index in [0.29, 0.717) is 11.4 Å². The highest BCUT2D eigenvalue weighted by atomic mass is 32.2. The summed E-state index contributed by atoms with van der Waals surface area (Å²) in [5.74, 6) is 0. The van der Waals surface area contributed by atoms with Crippen molar-refractivity contribution < 1.29 is 8.42 Å². The summed E-state index contributed by atoms with van der Waals surface area (Å²) in [7, 11) is -3.73. The standard InChI is InChI=1S/C11H14N4O2S2/c1-7(11-14-4-5-18-11)15-10-3-2-8(6-9(10)12)19(13,16)17/h2-7,15H,12H2,1H3,(H2,13,16,17). The highest BCUT2D eigenvalue weighted by Gasteiger charge is 2.13. The summed E-state index contributed by atoms with van der Waals surface area (Å²) in [5, 5.41) is 11.0. The van der Waals surface area contributed by atoms with Crippen molar-refractivity contribution in [2.45, 2.75) is 17.9 Å². The maximum atomic E-state index is 11.2. The number of nitrogens with two attached hydrogens (primary N) is 2. The fourth-order valence-electron chi connectivity index (χ4n) is 1.59. The lowest BCUT2D eigenvalue weighted by Crippen LogP contribution is -2.13. The van der Waals surface area contributed by atoms with Crippen LogP contribution in [0.4, 0.5) is 11.4 Å². The van der Waals surface area contributed by atoms with E-state index in [0.717, 1.165) is 5.01 Å². The van der Waals surface area contributed by atoms with Crippen molar-refractivity contribution in [3.05, 3.63) is 34.8 Å².